The van der Waals surface area contributed by atoms with Crippen LogP contribution < -0.4 is 5.73 Å². The maximum atomic E-state index is 6.10. The summed E-state index contributed by atoms with van der Waals surface area (Å²) >= 11 is 2.32. The van der Waals surface area contributed by atoms with Gasteiger partial charge in [-0.05, 0) is 65.5 Å². The van der Waals surface area contributed by atoms with Crippen LogP contribution in [0.4, 0.5) is 5.95 Å². The van der Waals surface area contributed by atoms with Crippen LogP contribution in [0.3, 0.4) is 0 Å². The Balaban J connectivity index is 1.89. The van der Waals surface area contributed by atoms with E-state index in [9.17, 15) is 0 Å². The SMILES string of the molecule is CC1CCCC(Cn2c(N)nc3cc(I)ccc32)C1. The van der Waals surface area contributed by atoms with E-state index < -0.39 is 0 Å². The van der Waals surface area contributed by atoms with Gasteiger partial charge in [0.1, 0.15) is 0 Å². The predicted molar refractivity (Wildman–Crippen MR) is 88.0 cm³/mol. The predicted octanol–water partition coefficient (Wildman–Crippen LogP) is 4.05. The minimum atomic E-state index is 0.662. The lowest BCUT2D eigenvalue weighted by atomic mass is 9.82. The molecule has 1 aromatic heterocycles. The second-order valence-corrected chi connectivity index (χ2v) is 7.10. The second kappa shape index (κ2) is 5.31. The molecule has 19 heavy (non-hydrogen) atoms. The topological polar surface area (TPSA) is 43.8 Å². The molecule has 0 radical (unpaired) electrons. The molecule has 2 N–H and O–H groups in total. The standard InChI is InChI=1S/C15H20IN3/c1-10-3-2-4-11(7-10)9-19-14-6-5-12(16)8-13(14)18-15(19)17/h5-6,8,10-11H,2-4,7,9H2,1H3,(H2,17,18). The third kappa shape index (κ3) is 2.73. The number of nitrogen functional groups attached to an aromatic ring is 1. The normalized spacial score (nSPS) is 23.9. The van der Waals surface area contributed by atoms with Crippen molar-refractivity contribution < 1.29 is 0 Å². The van der Waals surface area contributed by atoms with Crippen molar-refractivity contribution in [2.45, 2.75) is 39.2 Å². The largest absolute Gasteiger partial charge is 0.369 e. The number of hydrogen-bond donors (Lipinski definition) is 1. The van der Waals surface area contributed by atoms with E-state index in [1.54, 1.807) is 0 Å². The number of rotatable bonds is 2. The molecule has 0 spiro atoms. The van der Waals surface area contributed by atoms with E-state index in [2.05, 4.69) is 57.3 Å². The molecule has 4 heteroatoms. The van der Waals surface area contributed by atoms with Gasteiger partial charge in [-0.1, -0.05) is 19.8 Å². The van der Waals surface area contributed by atoms with Crippen LogP contribution in [0.15, 0.2) is 18.2 Å². The molecule has 3 rings (SSSR count). The molecule has 1 fully saturated rings. The van der Waals surface area contributed by atoms with Gasteiger partial charge in [0, 0.05) is 10.1 Å². The van der Waals surface area contributed by atoms with Crippen LogP contribution in [0.5, 0.6) is 0 Å². The number of hydrogen-bond acceptors (Lipinski definition) is 2. The van der Waals surface area contributed by atoms with Gasteiger partial charge in [0.15, 0.2) is 0 Å². The minimum absolute atomic E-state index is 0.662. The van der Waals surface area contributed by atoms with Crippen molar-refractivity contribution in [3.63, 3.8) is 0 Å². The van der Waals surface area contributed by atoms with Gasteiger partial charge in [-0.25, -0.2) is 4.98 Å². The number of anilines is 1. The minimum Gasteiger partial charge on any atom is -0.369 e. The summed E-state index contributed by atoms with van der Waals surface area (Å²) in [6.45, 7) is 3.39. The Bertz CT molecular complexity index is 590. The van der Waals surface area contributed by atoms with Gasteiger partial charge in [0.25, 0.3) is 0 Å². The zero-order valence-electron chi connectivity index (χ0n) is 11.3. The molecular formula is C15H20IN3. The van der Waals surface area contributed by atoms with Crippen LogP contribution in [-0.2, 0) is 6.54 Å². The average molecular weight is 369 g/mol. The van der Waals surface area contributed by atoms with E-state index in [-0.39, 0.29) is 0 Å². The first kappa shape index (κ1) is 13.2. The highest BCUT2D eigenvalue weighted by molar-refractivity contribution is 14.1. The third-order valence-corrected chi connectivity index (χ3v) is 4.90. The molecule has 3 nitrogen and oxygen atoms in total. The van der Waals surface area contributed by atoms with Gasteiger partial charge in [-0.3, -0.25) is 0 Å². The first-order valence-corrected chi connectivity index (χ1v) is 8.12. The number of benzene rings is 1. The lowest BCUT2D eigenvalue weighted by Gasteiger charge is -2.27. The summed E-state index contributed by atoms with van der Waals surface area (Å²) in [5.41, 5.74) is 8.30. The van der Waals surface area contributed by atoms with Crippen LogP contribution in [0.2, 0.25) is 0 Å². The Morgan fingerprint density at radius 1 is 1.42 bits per heavy atom. The van der Waals surface area contributed by atoms with Gasteiger partial charge >= 0.3 is 0 Å². The summed E-state index contributed by atoms with van der Waals surface area (Å²) < 4.78 is 3.41. The highest BCUT2D eigenvalue weighted by atomic mass is 127. The van der Waals surface area contributed by atoms with Crippen molar-refractivity contribution in [2.75, 3.05) is 5.73 Å². The third-order valence-electron chi connectivity index (χ3n) is 4.23. The van der Waals surface area contributed by atoms with Gasteiger partial charge in [-0.2, -0.15) is 0 Å². The number of halogens is 1. The first-order chi connectivity index (χ1) is 9.13. The second-order valence-electron chi connectivity index (χ2n) is 5.85. The Labute approximate surface area is 127 Å². The monoisotopic (exact) mass is 369 g/mol. The average Bonchev–Trinajstić information content (AvgIpc) is 2.65. The van der Waals surface area contributed by atoms with Crippen molar-refractivity contribution in [1.29, 1.82) is 0 Å². The van der Waals surface area contributed by atoms with Crippen LogP contribution in [0.25, 0.3) is 11.0 Å². The van der Waals surface area contributed by atoms with E-state index in [0.29, 0.717) is 5.95 Å². The molecule has 0 bridgehead atoms. The van der Waals surface area contributed by atoms with E-state index in [1.807, 2.05) is 0 Å². The molecular weight excluding hydrogens is 349 g/mol. The molecule has 1 aliphatic rings. The van der Waals surface area contributed by atoms with E-state index in [0.717, 1.165) is 23.9 Å². The summed E-state index contributed by atoms with van der Waals surface area (Å²) in [5.74, 6) is 2.27. The van der Waals surface area contributed by atoms with Gasteiger partial charge in [0.2, 0.25) is 5.95 Å². The summed E-state index contributed by atoms with van der Waals surface area (Å²) in [6, 6.07) is 6.38. The molecule has 1 aliphatic carbocycles. The Kier molecular flexibility index (Phi) is 3.69. The fourth-order valence-corrected chi connectivity index (χ4v) is 3.77. The van der Waals surface area contributed by atoms with E-state index in [1.165, 1.54) is 34.8 Å². The van der Waals surface area contributed by atoms with E-state index >= 15 is 0 Å². The zero-order valence-corrected chi connectivity index (χ0v) is 13.4. The lowest BCUT2D eigenvalue weighted by Crippen LogP contribution is -2.19. The fourth-order valence-electron chi connectivity index (χ4n) is 3.30. The Hall–Kier alpha value is -0.780. The summed E-state index contributed by atoms with van der Waals surface area (Å²) in [4.78, 5) is 4.49. The highest BCUT2D eigenvalue weighted by Crippen LogP contribution is 2.31. The molecule has 0 amide bonds. The number of aromatic nitrogens is 2. The molecule has 1 heterocycles. The van der Waals surface area contributed by atoms with Gasteiger partial charge < -0.3 is 10.3 Å². The molecule has 1 aromatic carbocycles. The van der Waals surface area contributed by atoms with Crippen LogP contribution in [0, 0.1) is 15.4 Å². The lowest BCUT2D eigenvalue weighted by molar-refractivity contribution is 0.259. The van der Waals surface area contributed by atoms with Crippen LogP contribution in [0.1, 0.15) is 32.6 Å². The summed E-state index contributed by atoms with van der Waals surface area (Å²) in [6.07, 6.45) is 5.39. The van der Waals surface area contributed by atoms with Crippen LogP contribution >= 0.6 is 22.6 Å². The molecule has 0 aliphatic heterocycles. The maximum Gasteiger partial charge on any atom is 0.201 e. The smallest absolute Gasteiger partial charge is 0.201 e. The van der Waals surface area contributed by atoms with Crippen molar-refractivity contribution in [2.24, 2.45) is 11.8 Å². The summed E-state index contributed by atoms with van der Waals surface area (Å²) in [5, 5.41) is 0. The van der Waals surface area contributed by atoms with Gasteiger partial charge in [-0.15, -0.1) is 0 Å². The van der Waals surface area contributed by atoms with Crippen molar-refractivity contribution in [3.05, 3.63) is 21.8 Å². The van der Waals surface area contributed by atoms with Crippen molar-refractivity contribution in [1.82, 2.24) is 9.55 Å². The highest BCUT2D eigenvalue weighted by Gasteiger charge is 2.21. The molecule has 2 aromatic rings. The van der Waals surface area contributed by atoms with Crippen molar-refractivity contribution in [3.8, 4) is 0 Å². The molecule has 0 saturated heterocycles. The van der Waals surface area contributed by atoms with Crippen LogP contribution in [-0.4, -0.2) is 9.55 Å². The fraction of sp³-hybridized carbons (Fsp3) is 0.533. The molecule has 102 valence electrons. The number of nitrogens with zero attached hydrogens (tertiary/aromatic N) is 2. The van der Waals surface area contributed by atoms with E-state index in [4.69, 9.17) is 5.73 Å². The Morgan fingerprint density at radius 2 is 2.26 bits per heavy atom. The summed E-state index contributed by atoms with van der Waals surface area (Å²) in [7, 11) is 0. The van der Waals surface area contributed by atoms with Gasteiger partial charge in [0.05, 0.1) is 11.0 Å². The number of fused-ring (bicyclic) bond motifs is 1. The first-order valence-electron chi connectivity index (χ1n) is 7.04. The number of nitrogens with two attached hydrogens (primary N) is 1. The molecule has 2 atom stereocenters. The molecule has 2 unspecified atom stereocenters. The number of imidazole rings is 1. The maximum absolute atomic E-state index is 6.10. The molecule has 1 saturated carbocycles. The zero-order chi connectivity index (χ0) is 13.4. The quantitative estimate of drug-likeness (QED) is 0.812. The van der Waals surface area contributed by atoms with Crippen molar-refractivity contribution >= 4 is 39.6 Å². The Morgan fingerprint density at radius 3 is 3.05 bits per heavy atom.